The van der Waals surface area contributed by atoms with Crippen LogP contribution in [0, 0.1) is 5.92 Å². The Kier molecular flexibility index (Phi) is 2.92. The van der Waals surface area contributed by atoms with Gasteiger partial charge in [0.25, 0.3) is 0 Å². The first-order valence-corrected chi connectivity index (χ1v) is 6.41. The first kappa shape index (κ1) is 11.8. The van der Waals surface area contributed by atoms with Gasteiger partial charge >= 0.3 is 0 Å². The van der Waals surface area contributed by atoms with Gasteiger partial charge in [0.15, 0.2) is 11.5 Å². The highest BCUT2D eigenvalue weighted by Crippen LogP contribution is 2.42. The Hall–Kier alpha value is -1.26. The first-order valence-electron chi connectivity index (χ1n) is 6.41. The smallest absolute Gasteiger partial charge is 0.231 e. The molecule has 0 bridgehead atoms. The lowest BCUT2D eigenvalue weighted by atomic mass is 9.72. The molecule has 0 radical (unpaired) electrons. The van der Waals surface area contributed by atoms with E-state index in [-0.39, 0.29) is 5.41 Å². The molecule has 1 saturated heterocycles. The molecule has 0 saturated carbocycles. The van der Waals surface area contributed by atoms with Crippen molar-refractivity contribution >= 4 is 0 Å². The number of hydrogen-bond donors (Lipinski definition) is 1. The molecule has 2 N–H and O–H groups in total. The van der Waals surface area contributed by atoms with Crippen molar-refractivity contribution in [3.05, 3.63) is 23.8 Å². The summed E-state index contributed by atoms with van der Waals surface area (Å²) in [6, 6.07) is 6.21. The van der Waals surface area contributed by atoms with E-state index in [0.717, 1.165) is 31.1 Å². The third-order valence-electron chi connectivity index (χ3n) is 3.88. The minimum absolute atomic E-state index is 0.111. The number of rotatable bonds is 4. The van der Waals surface area contributed by atoms with E-state index >= 15 is 0 Å². The Bertz CT molecular complexity index is 443. The predicted molar refractivity (Wildman–Crippen MR) is 67.9 cm³/mol. The topological polar surface area (TPSA) is 53.7 Å². The third-order valence-corrected chi connectivity index (χ3v) is 3.88. The zero-order valence-corrected chi connectivity index (χ0v) is 10.6. The lowest BCUT2D eigenvalue weighted by Crippen LogP contribution is -2.48. The van der Waals surface area contributed by atoms with Gasteiger partial charge < -0.3 is 19.9 Å². The zero-order chi connectivity index (χ0) is 12.6. The monoisotopic (exact) mass is 249 g/mol. The normalized spacial score (nSPS) is 21.4. The number of hydrogen-bond acceptors (Lipinski definition) is 4. The van der Waals surface area contributed by atoms with Crippen molar-refractivity contribution < 1.29 is 14.2 Å². The van der Waals surface area contributed by atoms with Crippen LogP contribution in [-0.2, 0) is 10.2 Å². The van der Waals surface area contributed by atoms with Crippen LogP contribution in [0.4, 0.5) is 0 Å². The first-order chi connectivity index (χ1) is 8.73. The van der Waals surface area contributed by atoms with Crippen molar-refractivity contribution in [3.8, 4) is 11.5 Å². The molecular formula is C14H19NO3. The molecule has 1 fully saturated rings. The number of benzene rings is 1. The molecule has 1 atom stereocenters. The highest BCUT2D eigenvalue weighted by atomic mass is 16.7. The fraction of sp³-hybridized carbons (Fsp3) is 0.571. The minimum atomic E-state index is 0.111. The molecule has 18 heavy (non-hydrogen) atoms. The van der Waals surface area contributed by atoms with Gasteiger partial charge in [0.05, 0.1) is 13.2 Å². The van der Waals surface area contributed by atoms with Crippen molar-refractivity contribution in [1.82, 2.24) is 0 Å². The van der Waals surface area contributed by atoms with Gasteiger partial charge in [-0.15, -0.1) is 0 Å². The standard InChI is InChI=1S/C14H19NO3/c1-10(6-15)5-14(7-16-8-14)11-2-3-12-13(4-11)18-9-17-12/h2-4,10H,5-9,15H2,1H3. The lowest BCUT2D eigenvalue weighted by molar-refractivity contribution is -0.0702. The molecule has 3 rings (SSSR count). The molecule has 1 unspecified atom stereocenters. The van der Waals surface area contributed by atoms with E-state index in [1.54, 1.807) is 0 Å². The highest BCUT2D eigenvalue weighted by molar-refractivity contribution is 5.47. The summed E-state index contributed by atoms with van der Waals surface area (Å²) in [6.45, 7) is 4.77. The summed E-state index contributed by atoms with van der Waals surface area (Å²) < 4.78 is 16.2. The Balaban J connectivity index is 1.87. The summed E-state index contributed by atoms with van der Waals surface area (Å²) in [5.41, 5.74) is 7.13. The van der Waals surface area contributed by atoms with Gasteiger partial charge in [-0.3, -0.25) is 0 Å². The third kappa shape index (κ3) is 1.85. The van der Waals surface area contributed by atoms with E-state index in [2.05, 4.69) is 19.1 Å². The van der Waals surface area contributed by atoms with Crippen LogP contribution >= 0.6 is 0 Å². The molecule has 0 amide bonds. The Labute approximate surface area is 107 Å². The summed E-state index contributed by atoms with van der Waals surface area (Å²) in [6.07, 6.45) is 1.06. The summed E-state index contributed by atoms with van der Waals surface area (Å²) in [5, 5.41) is 0. The molecule has 1 aromatic carbocycles. The molecular weight excluding hydrogens is 230 g/mol. The zero-order valence-electron chi connectivity index (χ0n) is 10.6. The van der Waals surface area contributed by atoms with Gasteiger partial charge in [-0.05, 0) is 36.6 Å². The summed E-state index contributed by atoms with van der Waals surface area (Å²) in [4.78, 5) is 0. The summed E-state index contributed by atoms with van der Waals surface area (Å²) >= 11 is 0. The van der Waals surface area contributed by atoms with Crippen LogP contribution in [0.15, 0.2) is 18.2 Å². The van der Waals surface area contributed by atoms with Crippen LogP contribution in [0.25, 0.3) is 0 Å². The number of fused-ring (bicyclic) bond motifs is 1. The van der Waals surface area contributed by atoms with Crippen molar-refractivity contribution in [3.63, 3.8) is 0 Å². The summed E-state index contributed by atoms with van der Waals surface area (Å²) in [5.74, 6) is 2.18. The molecule has 2 aliphatic rings. The van der Waals surface area contributed by atoms with Gasteiger partial charge in [0.2, 0.25) is 6.79 Å². The van der Waals surface area contributed by atoms with Gasteiger partial charge in [-0.1, -0.05) is 13.0 Å². The molecule has 0 aromatic heterocycles. The molecule has 1 aromatic rings. The maximum atomic E-state index is 5.74. The quantitative estimate of drug-likeness (QED) is 0.882. The molecule has 4 nitrogen and oxygen atoms in total. The molecule has 2 aliphatic heterocycles. The van der Waals surface area contributed by atoms with Crippen molar-refractivity contribution in [2.75, 3.05) is 26.6 Å². The number of nitrogens with two attached hydrogens (primary N) is 1. The molecule has 2 heterocycles. The highest BCUT2D eigenvalue weighted by Gasteiger charge is 2.41. The average Bonchev–Trinajstić information content (AvgIpc) is 2.80. The van der Waals surface area contributed by atoms with Crippen LogP contribution in [0.5, 0.6) is 11.5 Å². The Morgan fingerprint density at radius 1 is 1.28 bits per heavy atom. The Morgan fingerprint density at radius 3 is 2.72 bits per heavy atom. The van der Waals surface area contributed by atoms with E-state index in [1.165, 1.54) is 5.56 Å². The van der Waals surface area contributed by atoms with Crippen molar-refractivity contribution in [1.29, 1.82) is 0 Å². The van der Waals surface area contributed by atoms with Gasteiger partial charge in [-0.2, -0.15) is 0 Å². The average molecular weight is 249 g/mol. The Morgan fingerprint density at radius 2 is 2.06 bits per heavy atom. The maximum Gasteiger partial charge on any atom is 0.231 e. The second-order valence-corrected chi connectivity index (χ2v) is 5.39. The SMILES string of the molecule is CC(CN)CC1(c2ccc3c(c2)OCO3)COC1. The predicted octanol–water partition coefficient (Wildman–Crippen LogP) is 1.67. The minimum Gasteiger partial charge on any atom is -0.454 e. The molecule has 4 heteroatoms. The van der Waals surface area contributed by atoms with E-state index < -0.39 is 0 Å². The largest absolute Gasteiger partial charge is 0.454 e. The van der Waals surface area contributed by atoms with Crippen LogP contribution in [-0.4, -0.2) is 26.6 Å². The van der Waals surface area contributed by atoms with Crippen molar-refractivity contribution in [2.45, 2.75) is 18.8 Å². The summed E-state index contributed by atoms with van der Waals surface area (Å²) in [7, 11) is 0. The van der Waals surface area contributed by atoms with Crippen LogP contribution < -0.4 is 15.2 Å². The van der Waals surface area contributed by atoms with Gasteiger partial charge in [0, 0.05) is 5.41 Å². The molecule has 0 spiro atoms. The second kappa shape index (κ2) is 4.44. The van der Waals surface area contributed by atoms with E-state index in [1.807, 2.05) is 6.07 Å². The maximum absolute atomic E-state index is 5.74. The van der Waals surface area contributed by atoms with Crippen molar-refractivity contribution in [2.24, 2.45) is 11.7 Å². The number of ether oxygens (including phenoxy) is 3. The van der Waals surface area contributed by atoms with E-state index in [0.29, 0.717) is 19.3 Å². The van der Waals surface area contributed by atoms with E-state index in [4.69, 9.17) is 19.9 Å². The molecule has 98 valence electrons. The van der Waals surface area contributed by atoms with Crippen LogP contribution in [0.2, 0.25) is 0 Å². The van der Waals surface area contributed by atoms with E-state index in [9.17, 15) is 0 Å². The lowest BCUT2D eigenvalue weighted by Gasteiger charge is -2.43. The van der Waals surface area contributed by atoms with Crippen LogP contribution in [0.3, 0.4) is 0 Å². The second-order valence-electron chi connectivity index (χ2n) is 5.39. The van der Waals surface area contributed by atoms with Crippen LogP contribution in [0.1, 0.15) is 18.9 Å². The fourth-order valence-corrected chi connectivity index (χ4v) is 2.73. The van der Waals surface area contributed by atoms with Gasteiger partial charge in [0.1, 0.15) is 0 Å². The fourth-order valence-electron chi connectivity index (χ4n) is 2.73. The van der Waals surface area contributed by atoms with Gasteiger partial charge in [-0.25, -0.2) is 0 Å². The molecule has 0 aliphatic carbocycles.